The van der Waals surface area contributed by atoms with Crippen LogP contribution in [0.5, 0.6) is 5.75 Å². The molecule has 29 heavy (non-hydrogen) atoms. The summed E-state index contributed by atoms with van der Waals surface area (Å²) < 4.78 is 13.5. The average Bonchev–Trinajstić information content (AvgIpc) is 3.43. The van der Waals surface area contributed by atoms with E-state index in [1.54, 1.807) is 13.2 Å². The van der Waals surface area contributed by atoms with E-state index in [1.165, 1.54) is 5.56 Å². The largest absolute Gasteiger partial charge is 0.493 e. The summed E-state index contributed by atoms with van der Waals surface area (Å²) in [5, 5.41) is 10.9. The monoisotopic (exact) mass is 397 g/mol. The topological polar surface area (TPSA) is 60.7 Å². The van der Waals surface area contributed by atoms with Crippen molar-refractivity contribution in [2.75, 3.05) is 20.3 Å². The molecule has 0 bridgehead atoms. The zero-order valence-corrected chi connectivity index (χ0v) is 17.8. The zero-order valence-electron chi connectivity index (χ0n) is 17.8. The van der Waals surface area contributed by atoms with Crippen LogP contribution >= 0.6 is 0 Å². The first-order chi connectivity index (χ1) is 13.8. The third-order valence-electron chi connectivity index (χ3n) is 6.28. The van der Waals surface area contributed by atoms with Crippen molar-refractivity contribution in [1.29, 1.82) is 0 Å². The van der Waals surface area contributed by atoms with Crippen molar-refractivity contribution in [1.82, 2.24) is 4.57 Å². The van der Waals surface area contributed by atoms with Gasteiger partial charge in [-0.15, -0.1) is 0 Å². The summed E-state index contributed by atoms with van der Waals surface area (Å²) in [6, 6.07) is 6.19. The minimum Gasteiger partial charge on any atom is -0.493 e. The molecule has 156 valence electrons. The second kappa shape index (κ2) is 7.62. The van der Waals surface area contributed by atoms with Crippen molar-refractivity contribution >= 4 is 0 Å². The third-order valence-corrected chi connectivity index (χ3v) is 6.28. The first kappa shape index (κ1) is 20.2. The zero-order chi connectivity index (χ0) is 20.8. The van der Waals surface area contributed by atoms with E-state index in [-0.39, 0.29) is 11.5 Å². The van der Waals surface area contributed by atoms with Crippen molar-refractivity contribution in [2.45, 2.75) is 58.1 Å². The van der Waals surface area contributed by atoms with E-state index in [0.717, 1.165) is 53.8 Å². The molecule has 0 spiro atoms. The number of pyridine rings is 1. The van der Waals surface area contributed by atoms with E-state index >= 15 is 0 Å². The number of rotatable bonds is 7. The van der Waals surface area contributed by atoms with Crippen molar-refractivity contribution in [3.63, 3.8) is 0 Å². The fourth-order valence-corrected chi connectivity index (χ4v) is 4.31. The fourth-order valence-electron chi connectivity index (χ4n) is 4.31. The Morgan fingerprint density at radius 1 is 1.24 bits per heavy atom. The lowest BCUT2D eigenvalue weighted by atomic mass is 9.85. The maximum atomic E-state index is 12.4. The Labute approximate surface area is 172 Å². The maximum Gasteiger partial charge on any atom is 0.185 e. The molecule has 4 rings (SSSR count). The molecule has 0 saturated heterocycles. The van der Waals surface area contributed by atoms with Gasteiger partial charge in [0, 0.05) is 55.1 Å². The SMILES string of the molecule is COCCCOc1cc2c(cc1C1(O)CC1)-c1cc(=O)c(C)cn1C(C(C)C)C2. The molecule has 1 unspecified atom stereocenters. The molecular weight excluding hydrogens is 366 g/mol. The van der Waals surface area contributed by atoms with Gasteiger partial charge in [-0.25, -0.2) is 0 Å². The Kier molecular flexibility index (Phi) is 5.30. The average molecular weight is 398 g/mol. The highest BCUT2D eigenvalue weighted by Gasteiger charge is 2.45. The van der Waals surface area contributed by atoms with E-state index in [2.05, 4.69) is 30.5 Å². The van der Waals surface area contributed by atoms with E-state index in [0.29, 0.717) is 19.1 Å². The van der Waals surface area contributed by atoms with Gasteiger partial charge in [0.2, 0.25) is 0 Å². The summed E-state index contributed by atoms with van der Waals surface area (Å²) in [4.78, 5) is 12.4. The molecule has 1 atom stereocenters. The van der Waals surface area contributed by atoms with Crippen LogP contribution in [0.1, 0.15) is 55.8 Å². The van der Waals surface area contributed by atoms with Crippen molar-refractivity contribution in [3.05, 3.63) is 51.3 Å². The smallest absolute Gasteiger partial charge is 0.185 e. The minimum atomic E-state index is -0.809. The van der Waals surface area contributed by atoms with Gasteiger partial charge >= 0.3 is 0 Å². The van der Waals surface area contributed by atoms with Gasteiger partial charge in [0.1, 0.15) is 5.75 Å². The minimum absolute atomic E-state index is 0.0539. The number of hydrogen-bond acceptors (Lipinski definition) is 4. The van der Waals surface area contributed by atoms with Crippen molar-refractivity contribution in [3.8, 4) is 17.0 Å². The number of aryl methyl sites for hydroxylation is 1. The molecule has 2 aliphatic rings. The van der Waals surface area contributed by atoms with E-state index in [1.807, 2.05) is 13.1 Å². The number of hydrogen-bond donors (Lipinski definition) is 1. The lowest BCUT2D eigenvalue weighted by Gasteiger charge is -2.34. The van der Waals surface area contributed by atoms with Crippen LogP contribution in [-0.2, 0) is 16.8 Å². The Hall–Kier alpha value is -2.11. The Bertz CT molecular complexity index is 972. The lowest BCUT2D eigenvalue weighted by molar-refractivity contribution is 0.142. The molecule has 5 nitrogen and oxygen atoms in total. The van der Waals surface area contributed by atoms with E-state index in [9.17, 15) is 9.90 Å². The number of aliphatic hydroxyl groups is 1. The van der Waals surface area contributed by atoms with Crippen LogP contribution in [0.15, 0.2) is 29.2 Å². The van der Waals surface area contributed by atoms with Gasteiger partial charge in [0.15, 0.2) is 5.43 Å². The summed E-state index contributed by atoms with van der Waals surface area (Å²) in [5.74, 6) is 1.20. The highest BCUT2D eigenvalue weighted by molar-refractivity contribution is 5.70. The van der Waals surface area contributed by atoms with Crippen molar-refractivity contribution < 1.29 is 14.6 Å². The number of ether oxygens (including phenoxy) is 2. The van der Waals surface area contributed by atoms with Gasteiger partial charge in [0.25, 0.3) is 0 Å². The Morgan fingerprint density at radius 2 is 2.00 bits per heavy atom. The normalized spacial score (nSPS) is 19.0. The summed E-state index contributed by atoms with van der Waals surface area (Å²) in [6.45, 7) is 7.51. The molecule has 1 aromatic carbocycles. The summed E-state index contributed by atoms with van der Waals surface area (Å²) in [5.41, 5.74) is 4.02. The molecule has 2 aromatic rings. The quantitative estimate of drug-likeness (QED) is 0.718. The molecule has 1 N–H and O–H groups in total. The van der Waals surface area contributed by atoms with Crippen LogP contribution in [0, 0.1) is 12.8 Å². The first-order valence-electron chi connectivity index (χ1n) is 10.6. The standard InChI is InChI=1S/C24H31NO4/c1-15(2)20-10-17-11-23(29-9-5-8-28-4)19(24(27)6-7-24)12-18(17)21-13-22(26)16(3)14-25(20)21/h11-15,20,27H,5-10H2,1-4H3. The number of nitrogens with zero attached hydrogens (tertiary/aromatic N) is 1. The number of fused-ring (bicyclic) bond motifs is 3. The predicted molar refractivity (Wildman–Crippen MR) is 114 cm³/mol. The van der Waals surface area contributed by atoms with Gasteiger partial charge in [0.05, 0.1) is 17.9 Å². The van der Waals surface area contributed by atoms with Crippen LogP contribution in [0.3, 0.4) is 0 Å². The summed E-state index contributed by atoms with van der Waals surface area (Å²) in [6.07, 6.45) is 5.17. The fraction of sp³-hybridized carbons (Fsp3) is 0.542. The van der Waals surface area contributed by atoms with Gasteiger partial charge in [-0.05, 0) is 49.8 Å². The first-order valence-corrected chi connectivity index (χ1v) is 10.6. The number of aromatic nitrogens is 1. The second-order valence-corrected chi connectivity index (χ2v) is 8.86. The molecule has 1 saturated carbocycles. The second-order valence-electron chi connectivity index (χ2n) is 8.86. The van der Waals surface area contributed by atoms with Crippen LogP contribution in [0.2, 0.25) is 0 Å². The van der Waals surface area contributed by atoms with Gasteiger partial charge < -0.3 is 19.1 Å². The highest BCUT2D eigenvalue weighted by atomic mass is 16.5. The van der Waals surface area contributed by atoms with Gasteiger partial charge in [-0.1, -0.05) is 13.8 Å². The molecule has 1 fully saturated rings. The van der Waals surface area contributed by atoms with Gasteiger partial charge in [-0.3, -0.25) is 4.79 Å². The Morgan fingerprint density at radius 3 is 2.66 bits per heavy atom. The predicted octanol–water partition coefficient (Wildman–Crippen LogP) is 3.97. The number of benzene rings is 1. The molecule has 1 aliphatic heterocycles. The molecule has 0 radical (unpaired) electrons. The molecule has 0 amide bonds. The van der Waals surface area contributed by atoms with Crippen LogP contribution in [-0.4, -0.2) is 30.0 Å². The van der Waals surface area contributed by atoms with E-state index < -0.39 is 5.60 Å². The lowest BCUT2D eigenvalue weighted by Crippen LogP contribution is -2.27. The maximum absolute atomic E-state index is 12.4. The van der Waals surface area contributed by atoms with E-state index in [4.69, 9.17) is 9.47 Å². The Balaban J connectivity index is 1.82. The van der Waals surface area contributed by atoms with Gasteiger partial charge in [-0.2, -0.15) is 0 Å². The van der Waals surface area contributed by atoms with Crippen molar-refractivity contribution in [2.24, 2.45) is 5.92 Å². The molecule has 5 heteroatoms. The number of methoxy groups -OCH3 is 1. The third kappa shape index (κ3) is 3.74. The molecular formula is C24H31NO4. The van der Waals surface area contributed by atoms with Crippen LogP contribution < -0.4 is 10.2 Å². The van der Waals surface area contributed by atoms with Crippen LogP contribution in [0.4, 0.5) is 0 Å². The highest BCUT2D eigenvalue weighted by Crippen LogP contribution is 2.51. The summed E-state index contributed by atoms with van der Waals surface area (Å²) >= 11 is 0. The van der Waals surface area contributed by atoms with Crippen LogP contribution in [0.25, 0.3) is 11.3 Å². The molecule has 2 heterocycles. The summed E-state index contributed by atoms with van der Waals surface area (Å²) in [7, 11) is 1.68. The molecule has 1 aliphatic carbocycles. The molecule has 1 aromatic heterocycles.